The Hall–Kier alpha value is -2.78. The van der Waals surface area contributed by atoms with Crippen molar-refractivity contribution in [3.8, 4) is 0 Å². The Balaban J connectivity index is 1.39. The highest BCUT2D eigenvalue weighted by Crippen LogP contribution is 2.25. The quantitative estimate of drug-likeness (QED) is 0.616. The molecule has 1 saturated heterocycles. The second-order valence-electron chi connectivity index (χ2n) is 7.46. The molecule has 3 aromatic rings. The molecule has 28 heavy (non-hydrogen) atoms. The molecule has 0 saturated carbocycles. The molecule has 0 bridgehead atoms. The van der Waals surface area contributed by atoms with Crippen LogP contribution in [0.5, 0.6) is 0 Å². The Kier molecular flexibility index (Phi) is 5.36. The summed E-state index contributed by atoms with van der Waals surface area (Å²) < 4.78 is 1.92. The summed E-state index contributed by atoms with van der Waals surface area (Å²) in [7, 11) is 4.09. The minimum absolute atomic E-state index is 0.248. The van der Waals surface area contributed by atoms with Crippen LogP contribution in [0.25, 0.3) is 5.78 Å². The number of aliphatic hydroxyl groups excluding tert-OH is 1. The maximum absolute atomic E-state index is 10.1. The molecule has 4 heterocycles. The lowest BCUT2D eigenvalue weighted by atomic mass is 10.2. The first-order chi connectivity index (χ1) is 13.6. The van der Waals surface area contributed by atoms with E-state index in [0.29, 0.717) is 18.9 Å². The van der Waals surface area contributed by atoms with Crippen LogP contribution in [0.2, 0.25) is 0 Å². The Bertz CT molecular complexity index is 894. The van der Waals surface area contributed by atoms with E-state index in [1.165, 1.54) is 0 Å². The van der Waals surface area contributed by atoms with Crippen molar-refractivity contribution in [2.75, 3.05) is 43.9 Å². The number of anilines is 2. The molecule has 3 aromatic heterocycles. The van der Waals surface area contributed by atoms with Crippen LogP contribution in [0.15, 0.2) is 37.1 Å². The van der Waals surface area contributed by atoms with Crippen LogP contribution in [0.4, 0.5) is 11.6 Å². The minimum Gasteiger partial charge on any atom is -0.391 e. The van der Waals surface area contributed by atoms with Crippen molar-refractivity contribution in [2.45, 2.75) is 25.0 Å². The standard InChI is InChI=1S/C19H26N8O/c1-25(2)11-15-8-16(28)12-27(15)18-9-17(22-13-23-18)20-6-4-14-10-26-7-3-5-21-19(26)24-14/h3,5,7,9-10,13,15-16,28H,4,6,8,11-12H2,1-2H3,(H,20,22,23)/t15-,16-/m1/s1. The highest BCUT2D eigenvalue weighted by atomic mass is 16.3. The largest absolute Gasteiger partial charge is 0.391 e. The SMILES string of the molecule is CN(C)C[C@H]1C[C@@H](O)CN1c1cc(NCCc2cn3cccnc3n2)ncn1. The number of imidazole rings is 1. The number of hydrogen-bond acceptors (Lipinski definition) is 8. The number of rotatable bonds is 7. The molecule has 0 unspecified atom stereocenters. The molecule has 0 aromatic carbocycles. The van der Waals surface area contributed by atoms with Crippen molar-refractivity contribution in [3.05, 3.63) is 42.7 Å². The van der Waals surface area contributed by atoms with E-state index in [2.05, 4.69) is 35.1 Å². The van der Waals surface area contributed by atoms with E-state index >= 15 is 0 Å². The van der Waals surface area contributed by atoms with Gasteiger partial charge in [0.15, 0.2) is 0 Å². The van der Waals surface area contributed by atoms with Crippen LogP contribution in [-0.4, -0.2) is 80.2 Å². The number of hydrogen-bond donors (Lipinski definition) is 2. The van der Waals surface area contributed by atoms with Crippen LogP contribution >= 0.6 is 0 Å². The van der Waals surface area contributed by atoms with Gasteiger partial charge in [0, 0.05) is 56.8 Å². The highest BCUT2D eigenvalue weighted by molar-refractivity contribution is 5.50. The normalized spacial score (nSPS) is 19.6. The molecule has 9 heteroatoms. The van der Waals surface area contributed by atoms with Crippen molar-refractivity contribution < 1.29 is 5.11 Å². The first-order valence-electron chi connectivity index (χ1n) is 9.52. The van der Waals surface area contributed by atoms with Crippen molar-refractivity contribution in [2.24, 2.45) is 0 Å². The zero-order valence-corrected chi connectivity index (χ0v) is 16.2. The summed E-state index contributed by atoms with van der Waals surface area (Å²) in [5.41, 5.74) is 0.981. The van der Waals surface area contributed by atoms with Gasteiger partial charge in [-0.05, 0) is 26.6 Å². The van der Waals surface area contributed by atoms with Gasteiger partial charge in [-0.15, -0.1) is 0 Å². The van der Waals surface area contributed by atoms with E-state index in [4.69, 9.17) is 0 Å². The molecule has 0 amide bonds. The van der Waals surface area contributed by atoms with Gasteiger partial charge < -0.3 is 20.2 Å². The average molecular weight is 382 g/mol. The Morgan fingerprint density at radius 1 is 1.29 bits per heavy atom. The average Bonchev–Trinajstić information content (AvgIpc) is 3.24. The first kappa shape index (κ1) is 18.6. The van der Waals surface area contributed by atoms with Gasteiger partial charge in [0.05, 0.1) is 11.8 Å². The van der Waals surface area contributed by atoms with E-state index in [0.717, 1.165) is 36.7 Å². The Morgan fingerprint density at radius 2 is 2.18 bits per heavy atom. The number of aromatic nitrogens is 5. The summed E-state index contributed by atoms with van der Waals surface area (Å²) in [5.74, 6) is 2.33. The minimum atomic E-state index is -0.319. The molecule has 9 nitrogen and oxygen atoms in total. The van der Waals surface area contributed by atoms with Gasteiger partial charge >= 0.3 is 0 Å². The molecule has 1 aliphatic heterocycles. The topological polar surface area (TPSA) is 94.7 Å². The molecule has 1 fully saturated rings. The molecule has 148 valence electrons. The summed E-state index contributed by atoms with van der Waals surface area (Å²) in [6, 6.07) is 4.09. The summed E-state index contributed by atoms with van der Waals surface area (Å²) in [6.07, 6.45) is 8.46. The number of nitrogens with one attached hydrogen (secondary N) is 1. The predicted octanol–water partition coefficient (Wildman–Crippen LogP) is 0.675. The summed E-state index contributed by atoms with van der Waals surface area (Å²) >= 11 is 0. The number of nitrogens with zero attached hydrogens (tertiary/aromatic N) is 7. The summed E-state index contributed by atoms with van der Waals surface area (Å²) in [4.78, 5) is 21.8. The lowest BCUT2D eigenvalue weighted by Crippen LogP contribution is -2.38. The van der Waals surface area contributed by atoms with Crippen LogP contribution in [-0.2, 0) is 6.42 Å². The van der Waals surface area contributed by atoms with Crippen molar-refractivity contribution in [1.29, 1.82) is 0 Å². The van der Waals surface area contributed by atoms with E-state index in [9.17, 15) is 5.11 Å². The van der Waals surface area contributed by atoms with Gasteiger partial charge in [0.25, 0.3) is 0 Å². The number of fused-ring (bicyclic) bond motifs is 1. The molecular formula is C19H26N8O. The smallest absolute Gasteiger partial charge is 0.233 e. The molecule has 2 atom stereocenters. The fraction of sp³-hybridized carbons (Fsp3) is 0.474. The Labute approximate surface area is 164 Å². The second-order valence-corrected chi connectivity index (χ2v) is 7.46. The molecule has 2 N–H and O–H groups in total. The molecule has 0 spiro atoms. The van der Waals surface area contributed by atoms with Crippen molar-refractivity contribution >= 4 is 17.4 Å². The molecular weight excluding hydrogens is 356 g/mol. The van der Waals surface area contributed by atoms with Gasteiger partial charge in [0.1, 0.15) is 18.0 Å². The van der Waals surface area contributed by atoms with Gasteiger partial charge in [-0.1, -0.05) is 0 Å². The van der Waals surface area contributed by atoms with Gasteiger partial charge in [0.2, 0.25) is 5.78 Å². The zero-order chi connectivity index (χ0) is 19.5. The number of β-amino-alcohol motifs (C(OH)–C–C–N with tert-alkyl or cyclic N) is 1. The maximum Gasteiger partial charge on any atom is 0.233 e. The fourth-order valence-electron chi connectivity index (χ4n) is 3.69. The zero-order valence-electron chi connectivity index (χ0n) is 16.2. The van der Waals surface area contributed by atoms with Gasteiger partial charge in [-0.25, -0.2) is 19.9 Å². The van der Waals surface area contributed by atoms with Gasteiger partial charge in [-0.2, -0.15) is 0 Å². The second kappa shape index (κ2) is 8.07. The maximum atomic E-state index is 10.1. The van der Waals surface area contributed by atoms with E-state index in [1.54, 1.807) is 12.5 Å². The van der Waals surface area contributed by atoms with E-state index in [1.807, 2.05) is 43.0 Å². The highest BCUT2D eigenvalue weighted by Gasteiger charge is 2.32. The van der Waals surface area contributed by atoms with Crippen molar-refractivity contribution in [3.63, 3.8) is 0 Å². The summed E-state index contributed by atoms with van der Waals surface area (Å²) in [5, 5.41) is 13.5. The predicted molar refractivity (Wildman–Crippen MR) is 108 cm³/mol. The number of likely N-dealkylation sites (N-methyl/N-ethyl adjacent to an activating group) is 1. The Morgan fingerprint density at radius 3 is 3.00 bits per heavy atom. The third kappa shape index (κ3) is 4.20. The lowest BCUT2D eigenvalue weighted by Gasteiger charge is -2.27. The monoisotopic (exact) mass is 382 g/mol. The van der Waals surface area contributed by atoms with Crippen LogP contribution in [0.3, 0.4) is 0 Å². The van der Waals surface area contributed by atoms with Crippen LogP contribution < -0.4 is 10.2 Å². The van der Waals surface area contributed by atoms with Crippen LogP contribution in [0.1, 0.15) is 12.1 Å². The van der Waals surface area contributed by atoms with Gasteiger partial charge in [-0.3, -0.25) is 4.40 Å². The fourth-order valence-corrected chi connectivity index (χ4v) is 3.69. The first-order valence-corrected chi connectivity index (χ1v) is 9.52. The van der Waals surface area contributed by atoms with Crippen molar-refractivity contribution in [1.82, 2.24) is 29.2 Å². The van der Waals surface area contributed by atoms with E-state index in [-0.39, 0.29) is 12.1 Å². The molecule has 4 rings (SSSR count). The summed E-state index contributed by atoms with van der Waals surface area (Å²) in [6.45, 7) is 2.19. The third-order valence-electron chi connectivity index (χ3n) is 4.89. The van der Waals surface area contributed by atoms with E-state index < -0.39 is 0 Å². The molecule has 0 aliphatic carbocycles. The molecule has 0 radical (unpaired) electrons. The third-order valence-corrected chi connectivity index (χ3v) is 4.89. The van der Waals surface area contributed by atoms with Crippen LogP contribution in [0, 0.1) is 0 Å². The number of aliphatic hydroxyl groups is 1. The lowest BCUT2D eigenvalue weighted by molar-refractivity contribution is 0.191. The molecule has 1 aliphatic rings.